The molecular formula is C17H24BrClO. The van der Waals surface area contributed by atoms with E-state index in [2.05, 4.69) is 36.7 Å². The minimum atomic E-state index is 0.374. The van der Waals surface area contributed by atoms with Gasteiger partial charge in [-0.25, -0.2) is 0 Å². The van der Waals surface area contributed by atoms with Crippen molar-refractivity contribution in [2.75, 3.05) is 0 Å². The fourth-order valence-electron chi connectivity index (χ4n) is 3.14. The van der Waals surface area contributed by atoms with Gasteiger partial charge in [-0.3, -0.25) is 0 Å². The second kappa shape index (κ2) is 7.29. The van der Waals surface area contributed by atoms with E-state index in [1.54, 1.807) is 0 Å². The first-order chi connectivity index (χ1) is 9.47. The van der Waals surface area contributed by atoms with Crippen LogP contribution in [0.2, 0.25) is 5.02 Å². The molecule has 112 valence electrons. The molecular weight excluding hydrogens is 336 g/mol. The third-order valence-corrected chi connectivity index (χ3v) is 5.27. The molecule has 3 atom stereocenters. The van der Waals surface area contributed by atoms with Gasteiger partial charge in [-0.15, -0.1) is 0 Å². The molecule has 0 radical (unpaired) electrons. The van der Waals surface area contributed by atoms with Gasteiger partial charge in [-0.05, 0) is 48.3 Å². The predicted molar refractivity (Wildman–Crippen MR) is 89.1 cm³/mol. The summed E-state index contributed by atoms with van der Waals surface area (Å²) in [7, 11) is 0. The molecule has 1 aliphatic rings. The minimum Gasteiger partial charge on any atom is -0.373 e. The fraction of sp³-hybridized carbons (Fsp3) is 0.647. The van der Waals surface area contributed by atoms with Gasteiger partial charge in [0.2, 0.25) is 0 Å². The summed E-state index contributed by atoms with van der Waals surface area (Å²) in [5, 5.41) is 0.782. The van der Waals surface area contributed by atoms with Crippen LogP contribution in [0.15, 0.2) is 22.7 Å². The van der Waals surface area contributed by atoms with E-state index < -0.39 is 0 Å². The van der Waals surface area contributed by atoms with Crippen molar-refractivity contribution in [2.24, 2.45) is 17.8 Å². The molecule has 0 spiro atoms. The minimum absolute atomic E-state index is 0.374. The molecule has 20 heavy (non-hydrogen) atoms. The Labute approximate surface area is 136 Å². The highest BCUT2D eigenvalue weighted by Gasteiger charge is 2.31. The molecule has 0 amide bonds. The quantitative estimate of drug-likeness (QED) is 0.633. The van der Waals surface area contributed by atoms with E-state index in [1.807, 2.05) is 18.2 Å². The lowest BCUT2D eigenvalue weighted by Gasteiger charge is -2.37. The lowest BCUT2D eigenvalue weighted by Crippen LogP contribution is -2.34. The van der Waals surface area contributed by atoms with E-state index in [1.165, 1.54) is 19.3 Å². The van der Waals surface area contributed by atoms with E-state index in [9.17, 15) is 0 Å². The molecule has 1 aliphatic carbocycles. The molecule has 1 fully saturated rings. The van der Waals surface area contributed by atoms with Crippen LogP contribution in [-0.4, -0.2) is 6.10 Å². The van der Waals surface area contributed by atoms with E-state index in [4.69, 9.17) is 16.3 Å². The Hall–Kier alpha value is -0.0500. The molecule has 1 nitrogen and oxygen atoms in total. The van der Waals surface area contributed by atoms with E-state index in [-0.39, 0.29) is 0 Å². The molecule has 1 aromatic rings. The van der Waals surface area contributed by atoms with Crippen LogP contribution in [0, 0.1) is 17.8 Å². The molecule has 0 N–H and O–H groups in total. The van der Waals surface area contributed by atoms with Crippen LogP contribution >= 0.6 is 27.5 Å². The topological polar surface area (TPSA) is 9.23 Å². The third kappa shape index (κ3) is 4.22. The molecule has 0 saturated heterocycles. The Kier molecular flexibility index (Phi) is 5.95. The highest BCUT2D eigenvalue weighted by atomic mass is 79.9. The highest BCUT2D eigenvalue weighted by molar-refractivity contribution is 9.10. The van der Waals surface area contributed by atoms with Crippen LogP contribution in [0.5, 0.6) is 0 Å². The monoisotopic (exact) mass is 358 g/mol. The van der Waals surface area contributed by atoms with Crippen LogP contribution in [0.4, 0.5) is 0 Å². The van der Waals surface area contributed by atoms with Gasteiger partial charge in [0.1, 0.15) is 0 Å². The van der Waals surface area contributed by atoms with Gasteiger partial charge >= 0.3 is 0 Å². The fourth-order valence-corrected chi connectivity index (χ4v) is 3.87. The largest absolute Gasteiger partial charge is 0.373 e. The van der Waals surface area contributed by atoms with E-state index >= 15 is 0 Å². The van der Waals surface area contributed by atoms with Crippen molar-refractivity contribution >= 4 is 27.5 Å². The normalized spacial score (nSPS) is 27.0. The van der Waals surface area contributed by atoms with E-state index in [0.717, 1.165) is 21.0 Å². The number of hydrogen-bond donors (Lipinski definition) is 0. The van der Waals surface area contributed by atoms with Gasteiger partial charge in [0.25, 0.3) is 0 Å². The summed E-state index contributed by atoms with van der Waals surface area (Å²) < 4.78 is 7.25. The van der Waals surface area contributed by atoms with Crippen LogP contribution in [0.1, 0.15) is 45.6 Å². The number of ether oxygens (including phenoxy) is 1. The first-order valence-corrected chi connectivity index (χ1v) is 8.70. The van der Waals surface area contributed by atoms with Crippen LogP contribution in [-0.2, 0) is 11.3 Å². The van der Waals surface area contributed by atoms with Gasteiger partial charge in [0.05, 0.1) is 12.7 Å². The number of rotatable bonds is 4. The average Bonchev–Trinajstić information content (AvgIpc) is 2.37. The van der Waals surface area contributed by atoms with Crippen molar-refractivity contribution in [1.29, 1.82) is 0 Å². The molecule has 1 aromatic carbocycles. The van der Waals surface area contributed by atoms with E-state index in [0.29, 0.717) is 24.5 Å². The molecule has 0 aliphatic heterocycles. The zero-order valence-electron chi connectivity index (χ0n) is 12.5. The van der Waals surface area contributed by atoms with Crippen molar-refractivity contribution in [1.82, 2.24) is 0 Å². The molecule has 3 unspecified atom stereocenters. The SMILES string of the molecule is CC1CCC(C(C)C)C(OCc2ccc(Br)cc2Cl)C1. The molecule has 0 heterocycles. The maximum Gasteiger partial charge on any atom is 0.0735 e. The summed E-state index contributed by atoms with van der Waals surface area (Å²) in [6.07, 6.45) is 4.18. The van der Waals surface area contributed by atoms with Gasteiger partial charge in [0.15, 0.2) is 0 Å². The smallest absolute Gasteiger partial charge is 0.0735 e. The Balaban J connectivity index is 2.00. The van der Waals surface area contributed by atoms with Gasteiger partial charge in [-0.2, -0.15) is 0 Å². The van der Waals surface area contributed by atoms with Gasteiger partial charge < -0.3 is 4.74 Å². The van der Waals surface area contributed by atoms with Crippen molar-refractivity contribution in [3.8, 4) is 0 Å². The Morgan fingerprint density at radius 2 is 2.10 bits per heavy atom. The highest BCUT2D eigenvalue weighted by Crippen LogP contribution is 2.36. The summed E-state index contributed by atoms with van der Waals surface area (Å²) in [6, 6.07) is 6.00. The summed E-state index contributed by atoms with van der Waals surface area (Å²) in [6.45, 7) is 7.57. The zero-order chi connectivity index (χ0) is 14.7. The van der Waals surface area contributed by atoms with Crippen molar-refractivity contribution < 1.29 is 4.74 Å². The lowest BCUT2D eigenvalue weighted by molar-refractivity contribution is -0.0472. The second-order valence-corrected chi connectivity index (χ2v) is 7.73. The van der Waals surface area contributed by atoms with Gasteiger partial charge in [-0.1, -0.05) is 60.8 Å². The average molecular weight is 360 g/mol. The van der Waals surface area contributed by atoms with Crippen molar-refractivity contribution in [3.05, 3.63) is 33.3 Å². The molecule has 0 bridgehead atoms. The molecule has 3 heteroatoms. The van der Waals surface area contributed by atoms with Crippen LogP contribution in [0.3, 0.4) is 0 Å². The first-order valence-electron chi connectivity index (χ1n) is 7.53. The third-order valence-electron chi connectivity index (χ3n) is 4.43. The second-order valence-electron chi connectivity index (χ2n) is 6.41. The summed E-state index contributed by atoms with van der Waals surface area (Å²) >= 11 is 9.70. The predicted octanol–water partition coefficient (Wildman–Crippen LogP) is 6.08. The Morgan fingerprint density at radius 1 is 1.35 bits per heavy atom. The van der Waals surface area contributed by atoms with Crippen LogP contribution < -0.4 is 0 Å². The van der Waals surface area contributed by atoms with Gasteiger partial charge in [0, 0.05) is 9.50 Å². The Morgan fingerprint density at radius 3 is 2.75 bits per heavy atom. The standard InChI is InChI=1S/C17H24BrClO/c1-11(2)15-7-4-12(3)8-17(15)20-10-13-5-6-14(18)9-16(13)19/h5-6,9,11-12,15,17H,4,7-8,10H2,1-3H3. The van der Waals surface area contributed by atoms with Crippen molar-refractivity contribution in [2.45, 2.75) is 52.7 Å². The van der Waals surface area contributed by atoms with Crippen molar-refractivity contribution in [3.63, 3.8) is 0 Å². The summed E-state index contributed by atoms with van der Waals surface area (Å²) in [5.74, 6) is 2.14. The Bertz CT molecular complexity index is 447. The number of halogens is 2. The van der Waals surface area contributed by atoms with Crippen LogP contribution in [0.25, 0.3) is 0 Å². The first kappa shape index (κ1) is 16.3. The maximum atomic E-state index is 6.26. The lowest BCUT2D eigenvalue weighted by atomic mass is 9.75. The number of hydrogen-bond acceptors (Lipinski definition) is 1. The molecule has 1 saturated carbocycles. The maximum absolute atomic E-state index is 6.26. The summed E-state index contributed by atoms with van der Waals surface area (Å²) in [4.78, 5) is 0. The zero-order valence-corrected chi connectivity index (χ0v) is 14.9. The molecule has 2 rings (SSSR count). The molecule has 0 aromatic heterocycles. The summed E-state index contributed by atoms with van der Waals surface area (Å²) in [5.41, 5.74) is 1.08. The number of benzene rings is 1.